The van der Waals surface area contributed by atoms with Gasteiger partial charge in [-0.2, -0.15) is 0 Å². The minimum absolute atomic E-state index is 0.136. The SMILES string of the molecule is CCCCC/C=C\C/C=C\CCCCCCCCC(CCCCCCCCC(C)CCCCCCC)OC(=O)CNC(=O)CC(=O)O. The van der Waals surface area contributed by atoms with E-state index in [1.54, 1.807) is 0 Å². The third-order valence-corrected chi connectivity index (χ3v) is 9.04. The quantitative estimate of drug-likeness (QED) is 0.0305. The van der Waals surface area contributed by atoms with Crippen molar-refractivity contribution in [1.82, 2.24) is 5.32 Å². The first kappa shape index (κ1) is 44.9. The van der Waals surface area contributed by atoms with Gasteiger partial charge in [0.05, 0.1) is 0 Å². The number of carbonyl (C=O) groups excluding carboxylic acids is 2. The van der Waals surface area contributed by atoms with Crippen LogP contribution in [0.5, 0.6) is 0 Å². The number of carboxylic acids is 1. The number of hydrogen-bond donors (Lipinski definition) is 2. The number of nitrogens with one attached hydrogen (secondary N) is 1. The smallest absolute Gasteiger partial charge is 0.325 e. The van der Waals surface area contributed by atoms with Gasteiger partial charge in [0, 0.05) is 0 Å². The molecule has 2 N–H and O–H groups in total. The zero-order chi connectivity index (χ0) is 34.6. The fraction of sp³-hybridized carbons (Fsp3) is 0.829. The number of hydrogen-bond acceptors (Lipinski definition) is 4. The Morgan fingerprint density at radius 1 is 0.596 bits per heavy atom. The van der Waals surface area contributed by atoms with E-state index in [-0.39, 0.29) is 12.6 Å². The third-order valence-electron chi connectivity index (χ3n) is 9.04. The molecule has 0 aliphatic heterocycles. The van der Waals surface area contributed by atoms with E-state index < -0.39 is 24.3 Å². The number of allylic oxidation sites excluding steroid dienone is 4. The van der Waals surface area contributed by atoms with Crippen molar-refractivity contribution in [2.45, 2.75) is 207 Å². The maximum Gasteiger partial charge on any atom is 0.325 e. The lowest BCUT2D eigenvalue weighted by Crippen LogP contribution is -2.33. The van der Waals surface area contributed by atoms with E-state index in [1.165, 1.54) is 122 Å². The molecule has 2 atom stereocenters. The van der Waals surface area contributed by atoms with Crippen LogP contribution in [0.2, 0.25) is 0 Å². The lowest BCUT2D eigenvalue weighted by molar-refractivity contribution is -0.150. The third kappa shape index (κ3) is 35.0. The van der Waals surface area contributed by atoms with Gasteiger partial charge in [0.2, 0.25) is 5.91 Å². The highest BCUT2D eigenvalue weighted by Crippen LogP contribution is 2.20. The molecular weight excluding hydrogens is 586 g/mol. The van der Waals surface area contributed by atoms with Crippen molar-refractivity contribution in [3.8, 4) is 0 Å². The Balaban J connectivity index is 4.17. The summed E-state index contributed by atoms with van der Waals surface area (Å²) in [5.74, 6) is -1.51. The van der Waals surface area contributed by atoms with Crippen molar-refractivity contribution >= 4 is 17.8 Å². The van der Waals surface area contributed by atoms with E-state index in [2.05, 4.69) is 50.4 Å². The fourth-order valence-corrected chi connectivity index (χ4v) is 6.03. The van der Waals surface area contributed by atoms with Crippen molar-refractivity contribution < 1.29 is 24.2 Å². The molecule has 0 heterocycles. The molecule has 0 radical (unpaired) electrons. The van der Waals surface area contributed by atoms with Crippen LogP contribution in [0.4, 0.5) is 0 Å². The molecule has 0 fully saturated rings. The summed E-state index contributed by atoms with van der Waals surface area (Å²) in [5.41, 5.74) is 0. The summed E-state index contributed by atoms with van der Waals surface area (Å²) in [7, 11) is 0. The molecule has 0 aromatic rings. The molecular formula is C41H75NO5. The summed E-state index contributed by atoms with van der Waals surface area (Å²) in [6, 6.07) is 0. The molecule has 0 saturated heterocycles. The van der Waals surface area contributed by atoms with Gasteiger partial charge < -0.3 is 15.2 Å². The first-order valence-corrected chi connectivity index (χ1v) is 19.9. The molecule has 1 amide bonds. The summed E-state index contributed by atoms with van der Waals surface area (Å²) < 4.78 is 5.74. The Labute approximate surface area is 290 Å². The Morgan fingerprint density at radius 3 is 1.53 bits per heavy atom. The number of amides is 1. The number of rotatable bonds is 35. The topological polar surface area (TPSA) is 92.7 Å². The Morgan fingerprint density at radius 2 is 1.02 bits per heavy atom. The van der Waals surface area contributed by atoms with Crippen LogP contribution in [0.3, 0.4) is 0 Å². The maximum absolute atomic E-state index is 12.4. The molecule has 0 aromatic heterocycles. The molecule has 0 rings (SSSR count). The monoisotopic (exact) mass is 662 g/mol. The summed E-state index contributed by atoms with van der Waals surface area (Å²) in [6.45, 7) is 6.65. The standard InChI is InChI=1S/C41H75NO5/c1-4-6-8-10-11-12-13-14-15-16-17-18-19-20-25-29-33-38(47-41(46)36-42-39(43)35-40(44)45)34-30-26-22-21-24-28-32-37(3)31-27-23-9-7-5-2/h11-12,14-15,37-38H,4-10,13,16-36H2,1-3H3,(H,42,43)(H,44,45)/b12-11-,15-14-. The Hall–Kier alpha value is -2.11. The Kier molecular flexibility index (Phi) is 33.6. The van der Waals surface area contributed by atoms with Crippen molar-refractivity contribution in [2.24, 2.45) is 5.92 Å². The molecule has 2 unspecified atom stereocenters. The highest BCUT2D eigenvalue weighted by atomic mass is 16.5. The molecule has 0 saturated carbocycles. The summed E-state index contributed by atoms with van der Waals surface area (Å²) in [4.78, 5) is 34.7. The fourth-order valence-electron chi connectivity index (χ4n) is 6.03. The van der Waals surface area contributed by atoms with Crippen LogP contribution in [0, 0.1) is 5.92 Å². The average molecular weight is 662 g/mol. The maximum atomic E-state index is 12.4. The van der Waals surface area contributed by atoms with Crippen LogP contribution in [0.25, 0.3) is 0 Å². The molecule has 0 bridgehead atoms. The lowest BCUT2D eigenvalue weighted by Gasteiger charge is -2.18. The van der Waals surface area contributed by atoms with E-state index in [9.17, 15) is 14.4 Å². The number of esters is 1. The second-order valence-electron chi connectivity index (χ2n) is 13.8. The van der Waals surface area contributed by atoms with Gasteiger partial charge >= 0.3 is 11.9 Å². The van der Waals surface area contributed by atoms with Crippen LogP contribution in [0.1, 0.15) is 201 Å². The van der Waals surface area contributed by atoms with Gasteiger partial charge in [-0.05, 0) is 63.7 Å². The van der Waals surface area contributed by atoms with Crippen molar-refractivity contribution in [3.05, 3.63) is 24.3 Å². The van der Waals surface area contributed by atoms with Gasteiger partial charge in [-0.1, -0.05) is 161 Å². The largest absolute Gasteiger partial charge is 0.481 e. The summed E-state index contributed by atoms with van der Waals surface area (Å²) in [5, 5.41) is 11.1. The lowest BCUT2D eigenvalue weighted by atomic mass is 9.96. The van der Waals surface area contributed by atoms with Crippen LogP contribution < -0.4 is 5.32 Å². The molecule has 0 spiro atoms. The normalized spacial score (nSPS) is 12.9. The second kappa shape index (κ2) is 35.2. The molecule has 274 valence electrons. The van der Waals surface area contributed by atoms with E-state index in [4.69, 9.17) is 9.84 Å². The van der Waals surface area contributed by atoms with Crippen molar-refractivity contribution in [3.63, 3.8) is 0 Å². The summed E-state index contributed by atoms with van der Waals surface area (Å²) in [6.07, 6.45) is 41.5. The first-order valence-electron chi connectivity index (χ1n) is 19.9. The van der Waals surface area contributed by atoms with E-state index >= 15 is 0 Å². The van der Waals surface area contributed by atoms with Crippen LogP contribution >= 0.6 is 0 Å². The zero-order valence-corrected chi connectivity index (χ0v) is 31.1. The van der Waals surface area contributed by atoms with Gasteiger partial charge in [0.15, 0.2) is 0 Å². The Bertz CT molecular complexity index is 793. The van der Waals surface area contributed by atoms with Gasteiger partial charge in [0.1, 0.15) is 19.1 Å². The number of ether oxygens (including phenoxy) is 1. The van der Waals surface area contributed by atoms with Crippen molar-refractivity contribution in [2.75, 3.05) is 6.54 Å². The average Bonchev–Trinajstić information content (AvgIpc) is 3.04. The van der Waals surface area contributed by atoms with Crippen LogP contribution in [0.15, 0.2) is 24.3 Å². The highest BCUT2D eigenvalue weighted by molar-refractivity contribution is 5.94. The van der Waals surface area contributed by atoms with E-state index in [0.29, 0.717) is 0 Å². The predicted octanol–water partition coefficient (Wildman–Crippen LogP) is 11.8. The van der Waals surface area contributed by atoms with E-state index in [0.717, 1.165) is 57.3 Å². The molecule has 6 heteroatoms. The number of carbonyl (C=O) groups is 3. The minimum Gasteiger partial charge on any atom is -0.481 e. The first-order chi connectivity index (χ1) is 22.9. The number of aliphatic carboxylic acids is 1. The van der Waals surface area contributed by atoms with Gasteiger partial charge in [-0.25, -0.2) is 0 Å². The van der Waals surface area contributed by atoms with Gasteiger partial charge in [0.25, 0.3) is 0 Å². The zero-order valence-electron chi connectivity index (χ0n) is 31.1. The van der Waals surface area contributed by atoms with Crippen LogP contribution in [-0.4, -0.2) is 35.6 Å². The number of carboxylic acid groups (broad SMARTS) is 1. The molecule has 0 aromatic carbocycles. The van der Waals surface area contributed by atoms with Gasteiger partial charge in [-0.15, -0.1) is 0 Å². The predicted molar refractivity (Wildman–Crippen MR) is 199 cm³/mol. The minimum atomic E-state index is -1.21. The van der Waals surface area contributed by atoms with Crippen LogP contribution in [-0.2, 0) is 19.1 Å². The van der Waals surface area contributed by atoms with E-state index in [1.807, 2.05) is 0 Å². The molecule has 6 nitrogen and oxygen atoms in total. The van der Waals surface area contributed by atoms with Crippen molar-refractivity contribution in [1.29, 1.82) is 0 Å². The molecule has 47 heavy (non-hydrogen) atoms. The van der Waals surface area contributed by atoms with Gasteiger partial charge in [-0.3, -0.25) is 14.4 Å². The second-order valence-corrected chi connectivity index (χ2v) is 13.8. The highest BCUT2D eigenvalue weighted by Gasteiger charge is 2.16. The summed E-state index contributed by atoms with van der Waals surface area (Å²) >= 11 is 0. The molecule has 0 aliphatic rings. The number of unbranched alkanes of at least 4 members (excludes halogenated alkanes) is 18. The molecule has 0 aliphatic carbocycles.